The fraction of sp³-hybridized carbons (Fsp3) is 0.450. The predicted molar refractivity (Wildman–Crippen MR) is 101 cm³/mol. The number of hydrogen-bond donors (Lipinski definition) is 1. The summed E-state index contributed by atoms with van der Waals surface area (Å²) in [5.41, 5.74) is 2.57. The van der Waals surface area contributed by atoms with E-state index in [0.29, 0.717) is 5.56 Å². The van der Waals surface area contributed by atoms with E-state index in [-0.39, 0.29) is 11.9 Å². The lowest BCUT2D eigenvalue weighted by Crippen LogP contribution is -2.31. The van der Waals surface area contributed by atoms with Gasteiger partial charge in [0.1, 0.15) is 12.1 Å². The van der Waals surface area contributed by atoms with Crippen molar-refractivity contribution in [1.82, 2.24) is 15.3 Å². The Morgan fingerprint density at radius 1 is 1.16 bits per heavy atom. The number of carbonyl (C=O) groups is 1. The third kappa shape index (κ3) is 4.35. The van der Waals surface area contributed by atoms with Gasteiger partial charge in [-0.05, 0) is 44.7 Å². The molecule has 25 heavy (non-hydrogen) atoms. The van der Waals surface area contributed by atoms with Gasteiger partial charge in [0.2, 0.25) is 0 Å². The Kier molecular flexibility index (Phi) is 5.64. The number of benzene rings is 1. The van der Waals surface area contributed by atoms with Crippen molar-refractivity contribution in [2.75, 3.05) is 18.0 Å². The van der Waals surface area contributed by atoms with Crippen molar-refractivity contribution < 1.29 is 4.79 Å². The molecule has 1 aromatic heterocycles. The van der Waals surface area contributed by atoms with Gasteiger partial charge in [-0.3, -0.25) is 4.79 Å². The molecule has 0 radical (unpaired) electrons. The zero-order valence-corrected chi connectivity index (χ0v) is 15.0. The molecule has 132 valence electrons. The fourth-order valence-corrected chi connectivity index (χ4v) is 3.00. The molecule has 2 aromatic rings. The van der Waals surface area contributed by atoms with Crippen LogP contribution in [0.5, 0.6) is 0 Å². The van der Waals surface area contributed by atoms with Gasteiger partial charge in [-0.15, -0.1) is 0 Å². The molecular formula is C20H26N4O. The molecule has 5 heteroatoms. The number of anilines is 1. The highest BCUT2D eigenvalue weighted by Gasteiger charge is 2.14. The number of rotatable bonds is 5. The fourth-order valence-electron chi connectivity index (χ4n) is 3.00. The highest BCUT2D eigenvalue weighted by atomic mass is 16.1. The molecule has 1 unspecified atom stereocenters. The van der Waals surface area contributed by atoms with Crippen LogP contribution < -0.4 is 10.2 Å². The summed E-state index contributed by atoms with van der Waals surface area (Å²) in [6, 6.07) is 9.84. The maximum Gasteiger partial charge on any atom is 0.251 e. The minimum atomic E-state index is -0.0300. The summed E-state index contributed by atoms with van der Waals surface area (Å²) >= 11 is 0. The number of piperidine rings is 1. The van der Waals surface area contributed by atoms with E-state index >= 15 is 0 Å². The van der Waals surface area contributed by atoms with Gasteiger partial charge in [-0.25, -0.2) is 9.97 Å². The van der Waals surface area contributed by atoms with Crippen molar-refractivity contribution in [2.24, 2.45) is 0 Å². The average Bonchev–Trinajstić information content (AvgIpc) is 2.68. The van der Waals surface area contributed by atoms with Crippen LogP contribution in [0.25, 0.3) is 11.3 Å². The SMILES string of the molecule is CCC(C)NC(=O)c1ccc(-c2cc(N3CCCCC3)ncn2)cc1. The molecule has 5 nitrogen and oxygen atoms in total. The highest BCUT2D eigenvalue weighted by Crippen LogP contribution is 2.23. The second-order valence-electron chi connectivity index (χ2n) is 6.67. The first-order chi connectivity index (χ1) is 12.2. The summed E-state index contributed by atoms with van der Waals surface area (Å²) in [6.07, 6.45) is 6.29. The Morgan fingerprint density at radius 3 is 2.56 bits per heavy atom. The molecule has 1 N–H and O–H groups in total. The summed E-state index contributed by atoms with van der Waals surface area (Å²) in [6.45, 7) is 6.19. The van der Waals surface area contributed by atoms with Crippen molar-refractivity contribution in [3.63, 3.8) is 0 Å². The minimum absolute atomic E-state index is 0.0300. The molecule has 1 aromatic carbocycles. The number of nitrogens with one attached hydrogen (secondary N) is 1. The van der Waals surface area contributed by atoms with Gasteiger partial charge in [0, 0.05) is 36.3 Å². The van der Waals surface area contributed by atoms with E-state index in [1.165, 1.54) is 19.3 Å². The van der Waals surface area contributed by atoms with Crippen LogP contribution in [-0.4, -0.2) is 35.0 Å². The van der Waals surface area contributed by atoms with Crippen molar-refractivity contribution in [3.05, 3.63) is 42.2 Å². The first-order valence-corrected chi connectivity index (χ1v) is 9.15. The smallest absolute Gasteiger partial charge is 0.251 e. The minimum Gasteiger partial charge on any atom is -0.357 e. The molecule has 2 heterocycles. The number of nitrogens with zero attached hydrogens (tertiary/aromatic N) is 3. The number of hydrogen-bond acceptors (Lipinski definition) is 4. The molecule has 1 amide bonds. The van der Waals surface area contributed by atoms with E-state index in [0.717, 1.165) is 36.6 Å². The van der Waals surface area contributed by atoms with Crippen LogP contribution in [-0.2, 0) is 0 Å². The first kappa shape index (κ1) is 17.4. The molecule has 1 aliphatic heterocycles. The van der Waals surface area contributed by atoms with Gasteiger partial charge in [0.15, 0.2) is 0 Å². The highest BCUT2D eigenvalue weighted by molar-refractivity contribution is 5.94. The van der Waals surface area contributed by atoms with E-state index in [2.05, 4.69) is 27.1 Å². The largest absolute Gasteiger partial charge is 0.357 e. The lowest BCUT2D eigenvalue weighted by molar-refractivity contribution is 0.0939. The van der Waals surface area contributed by atoms with Crippen molar-refractivity contribution in [3.8, 4) is 11.3 Å². The summed E-state index contributed by atoms with van der Waals surface area (Å²) in [7, 11) is 0. The van der Waals surface area contributed by atoms with Crippen molar-refractivity contribution in [2.45, 2.75) is 45.6 Å². The molecule has 0 aliphatic carbocycles. The van der Waals surface area contributed by atoms with Gasteiger partial charge in [-0.1, -0.05) is 19.1 Å². The quantitative estimate of drug-likeness (QED) is 0.904. The standard InChI is InChI=1S/C20H26N4O/c1-3-15(2)23-20(25)17-9-7-16(8-10-17)18-13-19(22-14-21-18)24-11-5-4-6-12-24/h7-10,13-15H,3-6,11-12H2,1-2H3,(H,23,25). The first-order valence-electron chi connectivity index (χ1n) is 9.15. The predicted octanol–water partition coefficient (Wildman–Crippen LogP) is 3.66. The van der Waals surface area contributed by atoms with Crippen LogP contribution in [0.2, 0.25) is 0 Å². The maximum atomic E-state index is 12.2. The zero-order chi connectivity index (χ0) is 17.6. The van der Waals surface area contributed by atoms with Crippen LogP contribution in [0, 0.1) is 0 Å². The Labute approximate surface area is 149 Å². The molecule has 1 saturated heterocycles. The maximum absolute atomic E-state index is 12.2. The topological polar surface area (TPSA) is 58.1 Å². The number of amides is 1. The van der Waals surface area contributed by atoms with Crippen molar-refractivity contribution >= 4 is 11.7 Å². The average molecular weight is 338 g/mol. The molecule has 3 rings (SSSR count). The zero-order valence-electron chi connectivity index (χ0n) is 15.0. The van der Waals surface area contributed by atoms with Gasteiger partial charge in [0.05, 0.1) is 5.69 Å². The normalized spacial score (nSPS) is 15.7. The van der Waals surface area contributed by atoms with E-state index in [4.69, 9.17) is 0 Å². The Morgan fingerprint density at radius 2 is 1.88 bits per heavy atom. The molecule has 0 saturated carbocycles. The summed E-state index contributed by atoms with van der Waals surface area (Å²) in [5, 5.41) is 2.99. The monoisotopic (exact) mass is 338 g/mol. The Bertz CT molecular complexity index is 708. The van der Waals surface area contributed by atoms with Gasteiger partial charge in [0.25, 0.3) is 5.91 Å². The van der Waals surface area contributed by atoms with E-state index < -0.39 is 0 Å². The van der Waals surface area contributed by atoms with Crippen LogP contribution in [0.3, 0.4) is 0 Å². The van der Waals surface area contributed by atoms with E-state index in [9.17, 15) is 4.79 Å². The summed E-state index contributed by atoms with van der Waals surface area (Å²) < 4.78 is 0. The van der Waals surface area contributed by atoms with Crippen molar-refractivity contribution in [1.29, 1.82) is 0 Å². The van der Waals surface area contributed by atoms with E-state index in [1.807, 2.05) is 37.3 Å². The lowest BCUT2D eigenvalue weighted by atomic mass is 10.1. The molecule has 1 aliphatic rings. The summed E-state index contributed by atoms with van der Waals surface area (Å²) in [4.78, 5) is 23.3. The van der Waals surface area contributed by atoms with Crippen LogP contribution >= 0.6 is 0 Å². The molecule has 0 spiro atoms. The summed E-state index contributed by atoms with van der Waals surface area (Å²) in [5.74, 6) is 0.959. The molecule has 1 atom stereocenters. The van der Waals surface area contributed by atoms with Gasteiger partial charge in [-0.2, -0.15) is 0 Å². The lowest BCUT2D eigenvalue weighted by Gasteiger charge is -2.27. The van der Waals surface area contributed by atoms with Crippen LogP contribution in [0.4, 0.5) is 5.82 Å². The van der Waals surface area contributed by atoms with Gasteiger partial charge >= 0.3 is 0 Å². The Balaban J connectivity index is 1.75. The van der Waals surface area contributed by atoms with E-state index in [1.54, 1.807) is 6.33 Å². The van der Waals surface area contributed by atoms with Crippen LogP contribution in [0.1, 0.15) is 49.9 Å². The third-order valence-corrected chi connectivity index (χ3v) is 4.77. The number of carbonyl (C=O) groups excluding carboxylic acids is 1. The third-order valence-electron chi connectivity index (χ3n) is 4.77. The Hall–Kier alpha value is -2.43. The van der Waals surface area contributed by atoms with Gasteiger partial charge < -0.3 is 10.2 Å². The molecular weight excluding hydrogens is 312 g/mol. The second-order valence-corrected chi connectivity index (χ2v) is 6.67. The van der Waals surface area contributed by atoms with Crippen LogP contribution in [0.15, 0.2) is 36.7 Å². The second kappa shape index (κ2) is 8.10. The molecule has 1 fully saturated rings. The molecule has 0 bridgehead atoms. The number of aromatic nitrogens is 2.